The third-order valence-electron chi connectivity index (χ3n) is 0.175. The van der Waals surface area contributed by atoms with Crippen molar-refractivity contribution in [2.45, 2.75) is 0 Å². The van der Waals surface area contributed by atoms with Gasteiger partial charge < -0.3 is 16.0 Å². The maximum atomic E-state index is 9.15. The van der Waals surface area contributed by atoms with Crippen molar-refractivity contribution in [2.24, 2.45) is 0 Å². The molecule has 0 aromatic carbocycles. The van der Waals surface area contributed by atoms with Crippen LogP contribution in [-0.2, 0) is 4.74 Å². The Morgan fingerprint density at radius 1 is 1.71 bits per heavy atom. The van der Waals surface area contributed by atoms with Gasteiger partial charge in [0, 0.05) is 0 Å². The molecule has 0 spiro atoms. The minimum atomic E-state index is -1.25. The molecule has 5 heteroatoms. The van der Waals surface area contributed by atoms with Gasteiger partial charge in [0.1, 0.15) is 0 Å². The Hall–Kier alpha value is 0.230. The van der Waals surface area contributed by atoms with Gasteiger partial charge in [-0.1, -0.05) is 0 Å². The van der Waals surface area contributed by atoms with E-state index in [0.29, 0.717) is 0 Å². The van der Waals surface area contributed by atoms with Crippen LogP contribution in [0, 0.1) is 0 Å². The van der Waals surface area contributed by atoms with Crippen LogP contribution in [0.1, 0.15) is 0 Å². The molecule has 0 radical (unpaired) electrons. The number of ether oxygens (including phenoxy) is 1. The molecule has 4 nitrogen and oxygen atoms in total. The summed E-state index contributed by atoms with van der Waals surface area (Å²) in [4.78, 5) is 9.15. The van der Waals surface area contributed by atoms with E-state index in [1.807, 2.05) is 0 Å². The van der Waals surface area contributed by atoms with E-state index in [2.05, 4.69) is 4.74 Å². The van der Waals surface area contributed by atoms with Crippen molar-refractivity contribution in [2.75, 3.05) is 7.11 Å². The van der Waals surface area contributed by atoms with Gasteiger partial charge in [0.15, 0.2) is 0 Å². The van der Waals surface area contributed by atoms with Crippen molar-refractivity contribution < 1.29 is 14.6 Å². The summed E-state index contributed by atoms with van der Waals surface area (Å²) < 4.78 is 3.67. The van der Waals surface area contributed by atoms with Gasteiger partial charge in [0.2, 0.25) is 0 Å². The topological polar surface area (TPSA) is 81.5 Å². The Balaban J connectivity index is -0.0000000800. The second kappa shape index (κ2) is 9.52. The van der Waals surface area contributed by atoms with Crippen LogP contribution in [0.25, 0.3) is 0 Å². The molecule has 0 bridgehead atoms. The number of carbonyl (C=O) groups is 1. The Morgan fingerprint density at radius 2 is 1.86 bits per heavy atom. The Labute approximate surface area is 63.7 Å². The molecule has 4 N–H and O–H groups in total. The van der Waals surface area contributed by atoms with Gasteiger partial charge >= 0.3 is 35.7 Å². The van der Waals surface area contributed by atoms with Crippen LogP contribution in [0.4, 0.5) is 4.79 Å². The van der Waals surface area contributed by atoms with E-state index < -0.39 is 6.16 Å². The number of carboxylic acid groups (broad SMARTS) is 1. The molecule has 0 aliphatic heterocycles. The van der Waals surface area contributed by atoms with Gasteiger partial charge in [0.05, 0.1) is 7.11 Å². The van der Waals surface area contributed by atoms with Crippen molar-refractivity contribution >= 4 is 35.7 Å². The molecule has 0 aromatic heterocycles. The van der Waals surface area contributed by atoms with Crippen molar-refractivity contribution in [3.05, 3.63) is 0 Å². The molecule has 0 saturated carbocycles. The standard InChI is InChI=1S/C2H4O3.H3N.Na.H/c1-5-2(3)4;;;/h1H3,(H,3,4);1H3;;. The number of hydrogen-bond donors (Lipinski definition) is 2. The van der Waals surface area contributed by atoms with Gasteiger partial charge in [0.25, 0.3) is 0 Å². The predicted octanol–water partition coefficient (Wildman–Crippen LogP) is -0.176. The average Bonchev–Trinajstić information content (AvgIpc) is 1.38. The van der Waals surface area contributed by atoms with Crippen molar-refractivity contribution in [3.8, 4) is 0 Å². The van der Waals surface area contributed by atoms with E-state index in [1.165, 1.54) is 0 Å². The van der Waals surface area contributed by atoms with E-state index in [4.69, 9.17) is 9.90 Å². The zero-order valence-corrected chi connectivity index (χ0v) is 3.47. The molecule has 40 valence electrons. The summed E-state index contributed by atoms with van der Waals surface area (Å²) in [5.74, 6) is 0. The fourth-order valence-corrected chi connectivity index (χ4v) is 0. The molecule has 7 heavy (non-hydrogen) atoms. The van der Waals surface area contributed by atoms with Crippen LogP contribution in [0.15, 0.2) is 0 Å². The average molecular weight is 117 g/mol. The summed E-state index contributed by atoms with van der Waals surface area (Å²) in [5.41, 5.74) is 0. The van der Waals surface area contributed by atoms with E-state index >= 15 is 0 Å². The summed E-state index contributed by atoms with van der Waals surface area (Å²) in [6, 6.07) is 0. The first-order valence-corrected chi connectivity index (χ1v) is 1.04. The van der Waals surface area contributed by atoms with Crippen LogP contribution < -0.4 is 6.15 Å². The molecule has 0 aromatic rings. The molecule has 0 rings (SSSR count). The number of hydrogen-bond acceptors (Lipinski definition) is 3. The maximum absolute atomic E-state index is 9.15. The first kappa shape index (κ1) is 15.7. The third kappa shape index (κ3) is 22.4. The normalized spacial score (nSPS) is 4.71. The zero-order valence-electron chi connectivity index (χ0n) is 3.47. The molecule has 0 atom stereocenters. The number of methoxy groups -OCH3 is 1. The van der Waals surface area contributed by atoms with Gasteiger partial charge in [-0.05, 0) is 0 Å². The molecule has 0 aliphatic rings. The van der Waals surface area contributed by atoms with Gasteiger partial charge in [-0.15, -0.1) is 0 Å². The second-order valence-electron chi connectivity index (χ2n) is 0.470. The first-order valence-electron chi connectivity index (χ1n) is 1.04. The molecular weight excluding hydrogens is 109 g/mol. The summed E-state index contributed by atoms with van der Waals surface area (Å²) in [5, 5.41) is 7.50. The van der Waals surface area contributed by atoms with Crippen LogP contribution in [0.3, 0.4) is 0 Å². The van der Waals surface area contributed by atoms with Crippen LogP contribution >= 0.6 is 0 Å². The summed E-state index contributed by atoms with van der Waals surface area (Å²) in [6.45, 7) is 0. The van der Waals surface area contributed by atoms with Crippen molar-refractivity contribution in [1.82, 2.24) is 6.15 Å². The zero-order chi connectivity index (χ0) is 4.28. The first-order chi connectivity index (χ1) is 2.27. The van der Waals surface area contributed by atoms with Crippen LogP contribution in [0.5, 0.6) is 0 Å². The molecule has 0 heterocycles. The van der Waals surface area contributed by atoms with Crippen LogP contribution in [-0.4, -0.2) is 47.9 Å². The molecule has 0 fully saturated rings. The van der Waals surface area contributed by atoms with E-state index in [1.54, 1.807) is 0 Å². The van der Waals surface area contributed by atoms with Gasteiger partial charge in [-0.25, -0.2) is 4.79 Å². The summed E-state index contributed by atoms with van der Waals surface area (Å²) >= 11 is 0. The van der Waals surface area contributed by atoms with Crippen molar-refractivity contribution in [3.63, 3.8) is 0 Å². The summed E-state index contributed by atoms with van der Waals surface area (Å²) in [7, 11) is 1.10. The predicted molar refractivity (Wildman–Crippen MR) is 27.2 cm³/mol. The Morgan fingerprint density at radius 3 is 1.86 bits per heavy atom. The minimum absolute atomic E-state index is 0. The molecule has 0 saturated heterocycles. The number of rotatable bonds is 0. The monoisotopic (exact) mass is 117 g/mol. The SMILES string of the molecule is COC(=O)O.N.[NaH]. The third-order valence-corrected chi connectivity index (χ3v) is 0.175. The molecule has 0 aliphatic carbocycles. The fraction of sp³-hybridized carbons (Fsp3) is 0.500. The van der Waals surface area contributed by atoms with E-state index in [0.717, 1.165) is 7.11 Å². The van der Waals surface area contributed by atoms with Crippen LogP contribution in [0.2, 0.25) is 0 Å². The van der Waals surface area contributed by atoms with E-state index in [9.17, 15) is 0 Å². The quantitative estimate of drug-likeness (QED) is 0.340. The molecule has 0 unspecified atom stereocenters. The fourth-order valence-electron chi connectivity index (χ4n) is 0. The van der Waals surface area contributed by atoms with Gasteiger partial charge in [-0.3, -0.25) is 0 Å². The Kier molecular flexibility index (Phi) is 21.3. The van der Waals surface area contributed by atoms with Crippen molar-refractivity contribution in [1.29, 1.82) is 0 Å². The molecular formula is C2H8NNaO3. The van der Waals surface area contributed by atoms with E-state index in [-0.39, 0.29) is 35.7 Å². The summed E-state index contributed by atoms with van der Waals surface area (Å²) in [6.07, 6.45) is -1.25. The Bertz CT molecular complexity index is 48.2. The second-order valence-corrected chi connectivity index (χ2v) is 0.470. The van der Waals surface area contributed by atoms with Gasteiger partial charge in [-0.2, -0.15) is 0 Å². The molecule has 0 amide bonds.